The van der Waals surface area contributed by atoms with E-state index in [4.69, 9.17) is 4.74 Å². The molecule has 0 spiro atoms. The van der Waals surface area contributed by atoms with Crippen LogP contribution in [0.1, 0.15) is 51.1 Å². The summed E-state index contributed by atoms with van der Waals surface area (Å²) < 4.78 is 7.98. The van der Waals surface area contributed by atoms with Gasteiger partial charge in [-0.1, -0.05) is 0 Å². The lowest BCUT2D eigenvalue weighted by Gasteiger charge is -2.33. The maximum atomic E-state index is 12.1. The third-order valence-electron chi connectivity index (χ3n) is 6.26. The summed E-state index contributed by atoms with van der Waals surface area (Å²) in [5, 5.41) is 26.9. The first-order chi connectivity index (χ1) is 15.4. The number of aliphatic hydroxyl groups is 1. The summed E-state index contributed by atoms with van der Waals surface area (Å²) in [7, 11) is 0. The first kappa shape index (κ1) is 20.5. The number of rotatable bonds is 5. The molecule has 1 amide bonds. The molecular weight excluding hydrogens is 406 g/mol. The smallest absolute Gasteiger partial charge is 0.228 e. The lowest BCUT2D eigenvalue weighted by atomic mass is 9.85. The van der Waals surface area contributed by atoms with Crippen LogP contribution in [-0.2, 0) is 4.79 Å². The van der Waals surface area contributed by atoms with E-state index in [0.717, 1.165) is 42.3 Å². The molecular formula is C24H25N5O3. The maximum absolute atomic E-state index is 12.1. The van der Waals surface area contributed by atoms with E-state index >= 15 is 0 Å². The molecule has 0 aliphatic heterocycles. The number of hydrogen-bond donors (Lipinski definition) is 2. The molecule has 3 aromatic heterocycles. The fourth-order valence-electron chi connectivity index (χ4n) is 4.13. The van der Waals surface area contributed by atoms with Crippen LogP contribution in [0.25, 0.3) is 16.6 Å². The minimum absolute atomic E-state index is 0.00773. The first-order valence-corrected chi connectivity index (χ1v) is 11.0. The van der Waals surface area contributed by atoms with Gasteiger partial charge in [-0.2, -0.15) is 10.4 Å². The van der Waals surface area contributed by atoms with Gasteiger partial charge < -0.3 is 15.2 Å². The van der Waals surface area contributed by atoms with Crippen LogP contribution in [0.15, 0.2) is 36.7 Å². The van der Waals surface area contributed by atoms with Gasteiger partial charge in [0.1, 0.15) is 17.5 Å². The third kappa shape index (κ3) is 4.30. The molecule has 2 aliphatic carbocycles. The quantitative estimate of drug-likeness (QED) is 0.637. The number of amides is 1. The van der Waals surface area contributed by atoms with E-state index in [1.807, 2.05) is 31.3 Å². The van der Waals surface area contributed by atoms with Crippen LogP contribution in [0.5, 0.6) is 5.75 Å². The summed E-state index contributed by atoms with van der Waals surface area (Å²) >= 11 is 0. The Bertz CT molecular complexity index is 1210. The van der Waals surface area contributed by atoms with Gasteiger partial charge in [0.15, 0.2) is 5.82 Å². The number of nitriles is 1. The fourth-order valence-corrected chi connectivity index (χ4v) is 4.13. The number of fused-ring (bicyclic) bond motifs is 1. The van der Waals surface area contributed by atoms with E-state index < -0.39 is 5.60 Å². The van der Waals surface area contributed by atoms with Gasteiger partial charge in [0.25, 0.3) is 0 Å². The second-order valence-corrected chi connectivity index (χ2v) is 9.07. The van der Waals surface area contributed by atoms with Crippen molar-refractivity contribution >= 4 is 17.2 Å². The Kier molecular flexibility index (Phi) is 5.06. The van der Waals surface area contributed by atoms with E-state index in [9.17, 15) is 15.2 Å². The minimum Gasteiger partial charge on any atom is -0.488 e. The summed E-state index contributed by atoms with van der Waals surface area (Å²) in [5.74, 6) is 1.27. The van der Waals surface area contributed by atoms with Crippen LogP contribution in [0.2, 0.25) is 0 Å². The molecule has 0 atom stereocenters. The zero-order valence-electron chi connectivity index (χ0n) is 17.9. The van der Waals surface area contributed by atoms with Gasteiger partial charge in [-0.25, -0.2) is 9.50 Å². The Morgan fingerprint density at radius 2 is 2.06 bits per heavy atom. The molecule has 5 rings (SSSR count). The van der Waals surface area contributed by atoms with E-state index in [1.54, 1.807) is 16.8 Å². The summed E-state index contributed by atoms with van der Waals surface area (Å²) in [4.78, 5) is 16.3. The van der Waals surface area contributed by atoms with E-state index in [0.29, 0.717) is 30.1 Å². The van der Waals surface area contributed by atoms with Gasteiger partial charge in [0.2, 0.25) is 5.91 Å². The van der Waals surface area contributed by atoms with Crippen molar-refractivity contribution in [2.45, 2.75) is 57.2 Å². The number of nitrogens with zero attached hydrogens (tertiary/aromatic N) is 4. The highest BCUT2D eigenvalue weighted by Gasteiger charge is 2.31. The minimum atomic E-state index is -0.634. The molecule has 3 heterocycles. The largest absolute Gasteiger partial charge is 0.488 e. The number of anilines is 1. The van der Waals surface area contributed by atoms with E-state index in [-0.39, 0.29) is 17.9 Å². The van der Waals surface area contributed by atoms with E-state index in [2.05, 4.69) is 21.5 Å². The lowest BCUT2D eigenvalue weighted by Crippen LogP contribution is -2.34. The average molecular weight is 431 g/mol. The maximum Gasteiger partial charge on any atom is 0.228 e. The number of ether oxygens (including phenoxy) is 1. The van der Waals surface area contributed by atoms with Gasteiger partial charge in [0, 0.05) is 23.7 Å². The Labute approximate surface area is 185 Å². The topological polar surface area (TPSA) is 113 Å². The van der Waals surface area contributed by atoms with Crippen LogP contribution < -0.4 is 10.1 Å². The summed E-state index contributed by atoms with van der Waals surface area (Å²) in [6.45, 7) is 1.86. The van der Waals surface area contributed by atoms with Gasteiger partial charge >= 0.3 is 0 Å². The number of nitrogens with one attached hydrogen (secondary N) is 1. The molecule has 0 radical (unpaired) electrons. The molecule has 8 heteroatoms. The van der Waals surface area contributed by atoms with Crippen LogP contribution in [0.3, 0.4) is 0 Å². The van der Waals surface area contributed by atoms with Crippen molar-refractivity contribution in [3.63, 3.8) is 0 Å². The molecule has 0 aromatic carbocycles. The molecule has 2 aliphatic rings. The van der Waals surface area contributed by atoms with Gasteiger partial charge in [-0.3, -0.25) is 4.79 Å². The van der Waals surface area contributed by atoms with Gasteiger partial charge in [-0.05, 0) is 69.2 Å². The molecule has 3 aromatic rings. The monoisotopic (exact) mass is 431 g/mol. The zero-order valence-corrected chi connectivity index (χ0v) is 17.9. The SMILES string of the molecule is CC1(O)CCC(Oc2cnc(C#N)cc2-c2ccn3nc(NC(=O)C4CC4)cc3c2)CC1. The molecule has 0 saturated heterocycles. The van der Waals surface area contributed by atoms with Crippen LogP contribution in [0, 0.1) is 17.2 Å². The molecule has 2 saturated carbocycles. The Morgan fingerprint density at radius 1 is 1.28 bits per heavy atom. The molecule has 2 fully saturated rings. The number of carbonyl (C=O) groups is 1. The highest BCUT2D eigenvalue weighted by molar-refractivity contribution is 5.93. The fraction of sp³-hybridized carbons (Fsp3) is 0.417. The zero-order chi connectivity index (χ0) is 22.3. The van der Waals surface area contributed by atoms with Crippen LogP contribution in [0.4, 0.5) is 5.82 Å². The molecule has 0 unspecified atom stereocenters. The van der Waals surface area contributed by atoms with Crippen molar-refractivity contribution in [2.75, 3.05) is 5.32 Å². The average Bonchev–Trinajstić information content (AvgIpc) is 3.55. The van der Waals surface area contributed by atoms with Crippen LogP contribution >= 0.6 is 0 Å². The van der Waals surface area contributed by atoms with Crippen LogP contribution in [-0.4, -0.2) is 37.3 Å². The van der Waals surface area contributed by atoms with Crippen molar-refractivity contribution in [1.82, 2.24) is 14.6 Å². The number of pyridine rings is 2. The van der Waals surface area contributed by atoms with E-state index in [1.165, 1.54) is 0 Å². The van der Waals surface area contributed by atoms with Gasteiger partial charge in [0.05, 0.1) is 23.4 Å². The molecule has 164 valence electrons. The Balaban J connectivity index is 1.43. The standard InChI is InChI=1S/C24H25N5O3/c1-24(31)7-4-19(5-8-24)32-21-14-26-17(13-25)11-20(21)16-6-9-29-18(10-16)12-22(28-29)27-23(30)15-2-3-15/h6,9-12,14-15,19,31H,2-5,7-8H2,1H3,(H,27,28,30). The number of carbonyl (C=O) groups excluding carboxylic acids is 1. The third-order valence-corrected chi connectivity index (χ3v) is 6.26. The Morgan fingerprint density at radius 3 is 2.78 bits per heavy atom. The second-order valence-electron chi connectivity index (χ2n) is 9.07. The second kappa shape index (κ2) is 7.92. The van der Waals surface area contributed by atoms with Crippen molar-refractivity contribution in [2.24, 2.45) is 5.92 Å². The molecule has 2 N–H and O–H groups in total. The highest BCUT2D eigenvalue weighted by Crippen LogP contribution is 2.36. The highest BCUT2D eigenvalue weighted by atomic mass is 16.5. The number of hydrogen-bond acceptors (Lipinski definition) is 6. The molecule has 0 bridgehead atoms. The predicted octanol–water partition coefficient (Wildman–Crippen LogP) is 3.69. The molecule has 8 nitrogen and oxygen atoms in total. The summed E-state index contributed by atoms with van der Waals surface area (Å²) in [5.41, 5.74) is 2.15. The summed E-state index contributed by atoms with van der Waals surface area (Å²) in [6, 6.07) is 9.51. The molecule has 32 heavy (non-hydrogen) atoms. The lowest BCUT2D eigenvalue weighted by molar-refractivity contribution is -0.117. The number of aromatic nitrogens is 3. The van der Waals surface area contributed by atoms with Crippen molar-refractivity contribution in [3.05, 3.63) is 42.4 Å². The predicted molar refractivity (Wildman–Crippen MR) is 118 cm³/mol. The normalized spacial score (nSPS) is 23.0. The first-order valence-electron chi connectivity index (χ1n) is 11.0. The van der Waals surface area contributed by atoms with Gasteiger partial charge in [-0.15, -0.1) is 0 Å². The van der Waals surface area contributed by atoms with Crippen molar-refractivity contribution in [3.8, 4) is 22.9 Å². The van der Waals surface area contributed by atoms with Crippen molar-refractivity contribution in [1.29, 1.82) is 5.26 Å². The Hall–Kier alpha value is -3.44. The summed E-state index contributed by atoms with van der Waals surface area (Å²) in [6.07, 6.45) is 8.19. The van der Waals surface area contributed by atoms with Crippen molar-refractivity contribution < 1.29 is 14.6 Å².